The fraction of sp³-hybridized carbons (Fsp3) is 0.385. The van der Waals surface area contributed by atoms with Crippen molar-refractivity contribution in [3.05, 3.63) is 35.1 Å². The summed E-state index contributed by atoms with van der Waals surface area (Å²) in [6.07, 6.45) is -10.6. The number of benzene rings is 1. The van der Waals surface area contributed by atoms with E-state index in [9.17, 15) is 40.3 Å². The summed E-state index contributed by atoms with van der Waals surface area (Å²) >= 11 is 0. The van der Waals surface area contributed by atoms with Gasteiger partial charge in [-0.05, 0) is 18.2 Å². The van der Waals surface area contributed by atoms with Crippen molar-refractivity contribution in [2.45, 2.75) is 18.4 Å². The zero-order valence-corrected chi connectivity index (χ0v) is 12.0. The van der Waals surface area contributed by atoms with Gasteiger partial charge in [0.1, 0.15) is 5.82 Å². The maximum atomic E-state index is 13.1. The van der Waals surface area contributed by atoms with Crippen LogP contribution in [0.2, 0.25) is 0 Å². The molecule has 0 atom stereocenters. The van der Waals surface area contributed by atoms with Crippen LogP contribution < -0.4 is 5.32 Å². The van der Waals surface area contributed by atoms with Gasteiger partial charge in [0, 0.05) is 13.1 Å². The highest BCUT2D eigenvalue weighted by atomic mass is 19.4. The van der Waals surface area contributed by atoms with Crippen LogP contribution in [0.1, 0.15) is 15.9 Å². The molecule has 1 aromatic rings. The van der Waals surface area contributed by atoms with Gasteiger partial charge < -0.3 is 10.2 Å². The highest BCUT2D eigenvalue weighted by molar-refractivity contribution is 5.96. The molecule has 25 heavy (non-hydrogen) atoms. The summed E-state index contributed by atoms with van der Waals surface area (Å²) in [5.74, 6) is -5.70. The van der Waals surface area contributed by atoms with Gasteiger partial charge in [-0.15, -0.1) is 0 Å². The maximum Gasteiger partial charge on any atom is 0.493 e. The molecule has 2 rings (SSSR count). The van der Waals surface area contributed by atoms with Crippen molar-refractivity contribution >= 4 is 11.9 Å². The van der Waals surface area contributed by atoms with Crippen molar-refractivity contribution in [3.8, 4) is 0 Å². The third-order valence-corrected chi connectivity index (χ3v) is 3.22. The van der Waals surface area contributed by atoms with Crippen LogP contribution in [-0.4, -0.2) is 42.2 Å². The Kier molecular flexibility index (Phi) is 4.93. The number of nitrogens with one attached hydrogen (secondary N) is 1. The first-order valence-corrected chi connectivity index (χ1v) is 6.61. The summed E-state index contributed by atoms with van der Waals surface area (Å²) in [5.41, 5.74) is -2.84. The Bertz CT molecular complexity index is 683. The van der Waals surface area contributed by atoms with E-state index < -0.39 is 47.2 Å². The number of hydrogen-bond donors (Lipinski definition) is 1. The summed E-state index contributed by atoms with van der Waals surface area (Å²) in [6.45, 7) is -0.196. The van der Waals surface area contributed by atoms with Gasteiger partial charge in [0.2, 0.25) is 0 Å². The lowest BCUT2D eigenvalue weighted by Crippen LogP contribution is -2.60. The second kappa shape index (κ2) is 6.50. The zero-order chi connectivity index (χ0) is 19.0. The highest BCUT2D eigenvalue weighted by Gasteiger charge is 2.46. The fourth-order valence-electron chi connectivity index (χ4n) is 1.92. The number of halogens is 7. The Morgan fingerprint density at radius 3 is 2.16 bits per heavy atom. The largest absolute Gasteiger partial charge is 0.493 e. The van der Waals surface area contributed by atoms with E-state index in [0.717, 1.165) is 0 Å². The second-order valence-electron chi connectivity index (χ2n) is 5.01. The van der Waals surface area contributed by atoms with Crippen molar-refractivity contribution in [1.29, 1.82) is 0 Å². The molecule has 0 saturated carbocycles. The molecule has 1 aromatic carbocycles. The Hall–Kier alpha value is -2.37. The first-order chi connectivity index (χ1) is 11.4. The van der Waals surface area contributed by atoms with Crippen LogP contribution in [0.4, 0.5) is 30.7 Å². The van der Waals surface area contributed by atoms with Crippen molar-refractivity contribution < 1.29 is 45.2 Å². The Balaban J connectivity index is 2.39. The predicted octanol–water partition coefficient (Wildman–Crippen LogP) is 2.28. The van der Waals surface area contributed by atoms with Gasteiger partial charge >= 0.3 is 18.3 Å². The van der Waals surface area contributed by atoms with Gasteiger partial charge in [0.15, 0.2) is 0 Å². The van der Waals surface area contributed by atoms with Crippen molar-refractivity contribution in [2.24, 2.45) is 0 Å². The molecule has 0 spiro atoms. The molecule has 1 aliphatic rings. The average molecular weight is 374 g/mol. The molecule has 1 fully saturated rings. The molecule has 1 aliphatic heterocycles. The number of hydroxylamine groups is 2. The summed E-state index contributed by atoms with van der Waals surface area (Å²) in [4.78, 5) is 27.2. The van der Waals surface area contributed by atoms with Crippen LogP contribution >= 0.6 is 0 Å². The maximum absolute atomic E-state index is 13.1. The SMILES string of the molecule is O=C(c1ccc(F)cc1C(F)(F)F)N(OC(=O)C(F)(F)F)C1CNC1. The normalized spacial score (nSPS) is 15.5. The molecule has 0 unspecified atom stereocenters. The topological polar surface area (TPSA) is 58.6 Å². The molecule has 5 nitrogen and oxygen atoms in total. The lowest BCUT2D eigenvalue weighted by molar-refractivity contribution is -0.236. The summed E-state index contributed by atoms with van der Waals surface area (Å²) < 4.78 is 88.9. The first-order valence-electron chi connectivity index (χ1n) is 6.61. The Labute approximate surface area is 135 Å². The number of carbonyl (C=O) groups is 2. The van der Waals surface area contributed by atoms with E-state index in [1.807, 2.05) is 0 Å². The fourth-order valence-corrected chi connectivity index (χ4v) is 1.92. The molecule has 1 N–H and O–H groups in total. The van der Waals surface area contributed by atoms with E-state index >= 15 is 0 Å². The Morgan fingerprint density at radius 1 is 1.12 bits per heavy atom. The van der Waals surface area contributed by atoms with Crippen LogP contribution in [0, 0.1) is 5.82 Å². The van der Waals surface area contributed by atoms with E-state index in [0.29, 0.717) is 12.1 Å². The predicted molar refractivity (Wildman–Crippen MR) is 66.4 cm³/mol. The molecule has 12 heteroatoms. The van der Waals surface area contributed by atoms with Gasteiger partial charge in [-0.3, -0.25) is 4.79 Å². The van der Waals surface area contributed by atoms with Crippen LogP contribution in [0.5, 0.6) is 0 Å². The van der Waals surface area contributed by atoms with Crippen LogP contribution in [-0.2, 0) is 15.8 Å². The summed E-state index contributed by atoms with van der Waals surface area (Å²) in [5, 5.41) is 2.49. The molecule has 0 aromatic heterocycles. The molecule has 0 radical (unpaired) electrons. The van der Waals surface area contributed by atoms with Crippen LogP contribution in [0.3, 0.4) is 0 Å². The van der Waals surface area contributed by atoms with E-state index in [2.05, 4.69) is 10.2 Å². The van der Waals surface area contributed by atoms with E-state index in [1.54, 1.807) is 0 Å². The second-order valence-corrected chi connectivity index (χ2v) is 5.01. The molecule has 1 saturated heterocycles. The summed E-state index contributed by atoms with van der Waals surface area (Å²) in [6, 6.07) is -0.0765. The van der Waals surface area contributed by atoms with Gasteiger partial charge in [0.25, 0.3) is 5.91 Å². The molecule has 138 valence electrons. The number of rotatable bonds is 2. The summed E-state index contributed by atoms with van der Waals surface area (Å²) in [7, 11) is 0. The monoisotopic (exact) mass is 374 g/mol. The number of carbonyl (C=O) groups excluding carboxylic acids is 2. The molecular formula is C13H9F7N2O3. The third-order valence-electron chi connectivity index (χ3n) is 3.22. The van der Waals surface area contributed by atoms with E-state index in [1.165, 1.54) is 0 Å². The van der Waals surface area contributed by atoms with Gasteiger partial charge in [0.05, 0.1) is 17.2 Å². The van der Waals surface area contributed by atoms with Crippen molar-refractivity contribution in [2.75, 3.05) is 13.1 Å². The van der Waals surface area contributed by atoms with E-state index in [4.69, 9.17) is 0 Å². The number of amides is 1. The minimum absolute atomic E-state index is 0.0238. The first kappa shape index (κ1) is 19.0. The van der Waals surface area contributed by atoms with Crippen LogP contribution in [0.15, 0.2) is 18.2 Å². The molecular weight excluding hydrogens is 365 g/mol. The number of hydrogen-bond acceptors (Lipinski definition) is 4. The minimum Gasteiger partial charge on any atom is -0.329 e. The lowest BCUT2D eigenvalue weighted by atomic mass is 10.0. The standard InChI is InChI=1S/C13H9F7N2O3/c14-6-1-2-8(9(3-6)12(15,16)17)10(23)22(7-4-21-5-7)25-11(24)13(18,19)20/h1-3,7,21H,4-5H2. The zero-order valence-electron chi connectivity index (χ0n) is 12.0. The third kappa shape index (κ3) is 4.18. The number of alkyl halides is 6. The molecule has 1 heterocycles. The number of nitrogens with zero attached hydrogens (tertiary/aromatic N) is 1. The van der Waals surface area contributed by atoms with Gasteiger partial charge in [-0.2, -0.15) is 31.4 Å². The van der Waals surface area contributed by atoms with Gasteiger partial charge in [-0.1, -0.05) is 0 Å². The quantitative estimate of drug-likeness (QED) is 0.638. The average Bonchev–Trinajstić information content (AvgIpc) is 2.41. The van der Waals surface area contributed by atoms with Crippen LogP contribution in [0.25, 0.3) is 0 Å². The van der Waals surface area contributed by atoms with Gasteiger partial charge in [-0.25, -0.2) is 9.18 Å². The minimum atomic E-state index is -5.45. The molecule has 1 amide bonds. The Morgan fingerprint density at radius 2 is 1.72 bits per heavy atom. The van der Waals surface area contributed by atoms with Crippen molar-refractivity contribution in [1.82, 2.24) is 10.4 Å². The lowest BCUT2D eigenvalue weighted by Gasteiger charge is -2.36. The van der Waals surface area contributed by atoms with Crippen molar-refractivity contribution in [3.63, 3.8) is 0 Å². The van der Waals surface area contributed by atoms with E-state index in [-0.39, 0.29) is 24.2 Å². The molecule has 0 aliphatic carbocycles. The highest BCUT2D eigenvalue weighted by Crippen LogP contribution is 2.33. The smallest absolute Gasteiger partial charge is 0.329 e. The molecule has 0 bridgehead atoms.